The van der Waals surface area contributed by atoms with Gasteiger partial charge in [0.25, 0.3) is 0 Å². The summed E-state index contributed by atoms with van der Waals surface area (Å²) in [6, 6.07) is 7.05. The first-order valence-corrected chi connectivity index (χ1v) is 7.27. The van der Waals surface area contributed by atoms with E-state index in [-0.39, 0.29) is 6.04 Å². The lowest BCUT2D eigenvalue weighted by Crippen LogP contribution is -2.29. The van der Waals surface area contributed by atoms with Crippen LogP contribution in [0, 0.1) is 29.1 Å². The van der Waals surface area contributed by atoms with E-state index in [1.165, 1.54) is 0 Å². The molecule has 0 aromatic heterocycles. The maximum atomic E-state index is 13.6. The number of rotatable bonds is 3. The quantitative estimate of drug-likeness (QED) is 0.514. The van der Waals surface area contributed by atoms with E-state index >= 15 is 0 Å². The highest BCUT2D eigenvalue weighted by Gasteiger charge is 2.28. The zero-order valence-electron chi connectivity index (χ0n) is 12.3. The van der Waals surface area contributed by atoms with Crippen LogP contribution in [0.25, 0.3) is 0 Å². The molecule has 0 saturated heterocycles. The highest BCUT2D eigenvalue weighted by atomic mass is 19.2. The number of carbonyl (C=O) groups excluding carboxylic acids is 1. The van der Waals surface area contributed by atoms with Gasteiger partial charge in [0.05, 0.1) is 12.5 Å². The van der Waals surface area contributed by atoms with Gasteiger partial charge in [-0.25, -0.2) is 22.0 Å². The fraction of sp³-hybridized carbons (Fsp3) is 0.235. The fourth-order valence-corrected chi connectivity index (χ4v) is 2.92. The Morgan fingerprint density at radius 2 is 1.54 bits per heavy atom. The van der Waals surface area contributed by atoms with Crippen molar-refractivity contribution in [3.05, 3.63) is 70.0 Å². The second-order valence-electron chi connectivity index (χ2n) is 5.58. The van der Waals surface area contributed by atoms with Crippen molar-refractivity contribution in [1.29, 1.82) is 0 Å². The highest BCUT2D eigenvalue weighted by Crippen LogP contribution is 2.31. The molecule has 0 bridgehead atoms. The van der Waals surface area contributed by atoms with Crippen LogP contribution in [0.5, 0.6) is 0 Å². The predicted molar refractivity (Wildman–Crippen MR) is 75.6 cm³/mol. The summed E-state index contributed by atoms with van der Waals surface area (Å²) in [7, 11) is 0. The predicted octanol–water partition coefficient (Wildman–Crippen LogP) is 3.73. The standard InChI is InChI=1S/C17H12F5NO/c18-13-10(14(19)16(21)17(22)15(13)20)7-12(24)23-11-6-5-8-3-1-2-4-9(8)11/h1-4,11H,5-7H2,(H,23,24)/t11-/m1/s1. The molecule has 0 aliphatic heterocycles. The molecule has 0 unspecified atom stereocenters. The molecule has 1 aliphatic rings. The summed E-state index contributed by atoms with van der Waals surface area (Å²) in [5.41, 5.74) is 0.817. The summed E-state index contributed by atoms with van der Waals surface area (Å²) in [5, 5.41) is 2.58. The Kier molecular flexibility index (Phi) is 4.26. The molecule has 7 heteroatoms. The zero-order valence-corrected chi connectivity index (χ0v) is 12.3. The first-order chi connectivity index (χ1) is 11.4. The monoisotopic (exact) mass is 341 g/mol. The second-order valence-corrected chi connectivity index (χ2v) is 5.58. The van der Waals surface area contributed by atoms with Crippen molar-refractivity contribution >= 4 is 5.91 Å². The largest absolute Gasteiger partial charge is 0.349 e. The van der Waals surface area contributed by atoms with Gasteiger partial charge in [-0.15, -0.1) is 0 Å². The van der Waals surface area contributed by atoms with Crippen LogP contribution in [-0.2, 0) is 17.6 Å². The van der Waals surface area contributed by atoms with Gasteiger partial charge in [0, 0.05) is 5.56 Å². The minimum Gasteiger partial charge on any atom is -0.349 e. The van der Waals surface area contributed by atoms with Crippen molar-refractivity contribution in [2.24, 2.45) is 0 Å². The van der Waals surface area contributed by atoms with E-state index in [2.05, 4.69) is 5.32 Å². The van der Waals surface area contributed by atoms with Gasteiger partial charge < -0.3 is 5.32 Å². The average Bonchev–Trinajstić information content (AvgIpc) is 2.98. The normalized spacial score (nSPS) is 16.1. The van der Waals surface area contributed by atoms with Gasteiger partial charge in [0.15, 0.2) is 23.3 Å². The summed E-state index contributed by atoms with van der Waals surface area (Å²) in [5.74, 6) is -11.1. The molecule has 0 spiro atoms. The van der Waals surface area contributed by atoms with Crippen LogP contribution in [0.4, 0.5) is 22.0 Å². The molecular formula is C17H12F5NO. The van der Waals surface area contributed by atoms with Crippen molar-refractivity contribution in [2.75, 3.05) is 0 Å². The van der Waals surface area contributed by atoms with Crippen molar-refractivity contribution < 1.29 is 26.7 Å². The Hall–Kier alpha value is -2.44. The summed E-state index contributed by atoms with van der Waals surface area (Å²) in [4.78, 5) is 12.0. The molecule has 0 radical (unpaired) electrons. The lowest BCUT2D eigenvalue weighted by Gasteiger charge is -2.15. The fourth-order valence-electron chi connectivity index (χ4n) is 2.92. The number of nitrogens with one attached hydrogen (secondary N) is 1. The Morgan fingerprint density at radius 3 is 2.21 bits per heavy atom. The number of hydrogen-bond donors (Lipinski definition) is 1. The van der Waals surface area contributed by atoms with Crippen molar-refractivity contribution in [3.8, 4) is 0 Å². The highest BCUT2D eigenvalue weighted by molar-refractivity contribution is 5.79. The zero-order chi connectivity index (χ0) is 17.4. The van der Waals surface area contributed by atoms with Crippen LogP contribution in [0.1, 0.15) is 29.2 Å². The average molecular weight is 341 g/mol. The first-order valence-electron chi connectivity index (χ1n) is 7.27. The van der Waals surface area contributed by atoms with Crippen LogP contribution in [0.2, 0.25) is 0 Å². The minimum atomic E-state index is -2.24. The smallest absolute Gasteiger partial charge is 0.225 e. The maximum Gasteiger partial charge on any atom is 0.225 e. The topological polar surface area (TPSA) is 29.1 Å². The van der Waals surface area contributed by atoms with Gasteiger partial charge in [-0.2, -0.15) is 0 Å². The van der Waals surface area contributed by atoms with Crippen molar-refractivity contribution in [3.63, 3.8) is 0 Å². The number of halogens is 5. The van der Waals surface area contributed by atoms with E-state index in [9.17, 15) is 26.7 Å². The van der Waals surface area contributed by atoms with Gasteiger partial charge in [-0.05, 0) is 24.0 Å². The molecule has 0 fully saturated rings. The van der Waals surface area contributed by atoms with E-state index < -0.39 is 47.0 Å². The van der Waals surface area contributed by atoms with Gasteiger partial charge in [0.2, 0.25) is 11.7 Å². The molecule has 2 aromatic carbocycles. The first kappa shape index (κ1) is 16.4. The van der Waals surface area contributed by atoms with E-state index in [0.717, 1.165) is 17.5 Å². The van der Waals surface area contributed by atoms with Gasteiger partial charge >= 0.3 is 0 Å². The van der Waals surface area contributed by atoms with Crippen LogP contribution >= 0.6 is 0 Å². The Labute approximate surface area is 134 Å². The second kappa shape index (κ2) is 6.22. The third-order valence-electron chi connectivity index (χ3n) is 4.11. The molecule has 3 rings (SSSR count). The molecule has 2 aromatic rings. The van der Waals surface area contributed by atoms with Crippen LogP contribution in [0.15, 0.2) is 24.3 Å². The molecule has 1 N–H and O–H groups in total. The summed E-state index contributed by atoms with van der Waals surface area (Å²) < 4.78 is 66.6. The molecule has 0 heterocycles. The lowest BCUT2D eigenvalue weighted by atomic mass is 10.1. The van der Waals surface area contributed by atoms with E-state index in [1.54, 1.807) is 6.07 Å². The van der Waals surface area contributed by atoms with Crippen molar-refractivity contribution in [2.45, 2.75) is 25.3 Å². The number of hydrogen-bond acceptors (Lipinski definition) is 1. The van der Waals surface area contributed by atoms with Gasteiger partial charge in [-0.3, -0.25) is 4.79 Å². The van der Waals surface area contributed by atoms with Crippen LogP contribution in [-0.4, -0.2) is 5.91 Å². The van der Waals surface area contributed by atoms with Crippen molar-refractivity contribution in [1.82, 2.24) is 5.32 Å². The molecule has 0 saturated carbocycles. The molecule has 126 valence electrons. The SMILES string of the molecule is O=C(Cc1c(F)c(F)c(F)c(F)c1F)N[C@@H]1CCc2ccccc21. The van der Waals surface area contributed by atoms with E-state index in [0.29, 0.717) is 6.42 Å². The third kappa shape index (κ3) is 2.74. The summed E-state index contributed by atoms with van der Waals surface area (Å²) >= 11 is 0. The minimum absolute atomic E-state index is 0.338. The Bertz CT molecular complexity index is 792. The van der Waals surface area contributed by atoms with Crippen LogP contribution < -0.4 is 5.32 Å². The maximum absolute atomic E-state index is 13.6. The molecule has 1 atom stereocenters. The molecule has 24 heavy (non-hydrogen) atoms. The summed E-state index contributed by atoms with van der Waals surface area (Å²) in [6.07, 6.45) is 0.427. The van der Waals surface area contributed by atoms with E-state index in [4.69, 9.17) is 0 Å². The molecular weight excluding hydrogens is 329 g/mol. The van der Waals surface area contributed by atoms with E-state index in [1.807, 2.05) is 18.2 Å². The number of amides is 1. The molecule has 1 aliphatic carbocycles. The third-order valence-corrected chi connectivity index (χ3v) is 4.11. The lowest BCUT2D eigenvalue weighted by molar-refractivity contribution is -0.121. The number of carbonyl (C=O) groups is 1. The Morgan fingerprint density at radius 1 is 0.958 bits per heavy atom. The van der Waals surface area contributed by atoms with Gasteiger partial charge in [0.1, 0.15) is 0 Å². The number of aryl methyl sites for hydroxylation is 1. The number of benzene rings is 2. The summed E-state index contributed by atoms with van der Waals surface area (Å²) in [6.45, 7) is 0. The molecule has 2 nitrogen and oxygen atoms in total. The van der Waals surface area contributed by atoms with Crippen LogP contribution in [0.3, 0.4) is 0 Å². The number of fused-ring (bicyclic) bond motifs is 1. The van der Waals surface area contributed by atoms with Gasteiger partial charge in [-0.1, -0.05) is 24.3 Å². The Balaban J connectivity index is 1.80. The molecule has 1 amide bonds.